The fraction of sp³-hybridized carbons (Fsp3) is 0.822. The molecule has 6 nitrogen and oxygen atoms in total. The van der Waals surface area contributed by atoms with E-state index in [9.17, 15) is 14.4 Å². The molecular formula is C73H132O6. The van der Waals surface area contributed by atoms with Gasteiger partial charge in [0.1, 0.15) is 13.2 Å². The van der Waals surface area contributed by atoms with Crippen molar-refractivity contribution in [1.82, 2.24) is 0 Å². The van der Waals surface area contributed by atoms with E-state index in [-0.39, 0.29) is 31.1 Å². The van der Waals surface area contributed by atoms with Crippen molar-refractivity contribution in [2.75, 3.05) is 13.2 Å². The van der Waals surface area contributed by atoms with Crippen LogP contribution in [-0.4, -0.2) is 37.2 Å². The van der Waals surface area contributed by atoms with Crippen LogP contribution in [0.1, 0.15) is 367 Å². The topological polar surface area (TPSA) is 78.9 Å². The Morgan fingerprint density at radius 3 is 0.785 bits per heavy atom. The number of ether oxygens (including phenoxy) is 3. The standard InChI is InChI=1S/C73H132O6/c1-4-7-10-13-16-19-22-25-28-31-34-36-39-42-45-48-51-54-57-60-63-66-72(75)78-69-70(68-77-71(74)65-62-59-56-53-50-47-44-41-38-33-30-27-24-21-18-15-12-9-6-3)79-73(76)67-64-61-58-55-52-49-46-43-40-37-35-32-29-26-23-20-17-14-11-8-5-2/h7,10,16,19,25,28,32,34-36,70H,4-6,8-9,11-15,17-18,20-24,26-27,29-31,33,37-69H2,1-3H3/b10-7-,19-16-,28-25-,35-32-,36-34-. The second-order valence-electron chi connectivity index (χ2n) is 23.4. The lowest BCUT2D eigenvalue weighted by Crippen LogP contribution is -2.30. The number of allylic oxidation sites excluding steroid dienone is 10. The summed E-state index contributed by atoms with van der Waals surface area (Å²) in [4.78, 5) is 38.5. The third-order valence-electron chi connectivity index (χ3n) is 15.5. The second-order valence-corrected chi connectivity index (χ2v) is 23.4. The molecule has 460 valence electrons. The van der Waals surface area contributed by atoms with Gasteiger partial charge in [0.2, 0.25) is 0 Å². The molecule has 0 aromatic rings. The van der Waals surface area contributed by atoms with Crippen LogP contribution >= 0.6 is 0 Å². The normalized spacial score (nSPS) is 12.4. The predicted octanol–water partition coefficient (Wildman–Crippen LogP) is 23.9. The quantitative estimate of drug-likeness (QED) is 0.0261. The highest BCUT2D eigenvalue weighted by Gasteiger charge is 2.19. The lowest BCUT2D eigenvalue weighted by Gasteiger charge is -2.18. The molecule has 0 saturated heterocycles. The molecule has 0 aliphatic heterocycles. The molecule has 0 aromatic carbocycles. The number of rotatable bonds is 64. The maximum Gasteiger partial charge on any atom is 0.306 e. The number of hydrogen-bond acceptors (Lipinski definition) is 6. The van der Waals surface area contributed by atoms with Gasteiger partial charge in [0.05, 0.1) is 0 Å². The monoisotopic (exact) mass is 1110 g/mol. The first kappa shape index (κ1) is 76.1. The molecule has 0 saturated carbocycles. The van der Waals surface area contributed by atoms with Gasteiger partial charge in [0, 0.05) is 19.3 Å². The highest BCUT2D eigenvalue weighted by atomic mass is 16.6. The molecule has 1 atom stereocenters. The largest absolute Gasteiger partial charge is 0.462 e. The van der Waals surface area contributed by atoms with Gasteiger partial charge in [-0.2, -0.15) is 0 Å². The van der Waals surface area contributed by atoms with E-state index in [4.69, 9.17) is 14.2 Å². The summed E-state index contributed by atoms with van der Waals surface area (Å²) >= 11 is 0. The minimum absolute atomic E-state index is 0.0734. The third kappa shape index (κ3) is 65.8. The lowest BCUT2D eigenvalue weighted by atomic mass is 10.0. The summed E-state index contributed by atoms with van der Waals surface area (Å²) in [5.41, 5.74) is 0. The molecule has 0 aromatic heterocycles. The summed E-state index contributed by atoms with van der Waals surface area (Å²) in [6.07, 6.45) is 86.6. The van der Waals surface area contributed by atoms with E-state index in [2.05, 4.69) is 81.5 Å². The summed E-state index contributed by atoms with van der Waals surface area (Å²) in [5, 5.41) is 0. The van der Waals surface area contributed by atoms with Crippen LogP contribution in [0.4, 0.5) is 0 Å². The molecule has 6 heteroatoms. The van der Waals surface area contributed by atoms with Gasteiger partial charge in [0.15, 0.2) is 6.10 Å². The number of hydrogen-bond donors (Lipinski definition) is 0. The Balaban J connectivity index is 4.35. The number of unbranched alkanes of at least 4 members (excludes halogenated alkanes) is 43. The Bertz CT molecular complexity index is 1410. The van der Waals surface area contributed by atoms with Gasteiger partial charge >= 0.3 is 17.9 Å². The number of carbonyl (C=O) groups excluding carboxylic acids is 3. The molecule has 0 fully saturated rings. The van der Waals surface area contributed by atoms with Crippen molar-refractivity contribution in [3.8, 4) is 0 Å². The average molecular weight is 1110 g/mol. The van der Waals surface area contributed by atoms with Crippen molar-refractivity contribution < 1.29 is 28.6 Å². The van der Waals surface area contributed by atoms with Crippen molar-refractivity contribution in [2.45, 2.75) is 374 Å². The van der Waals surface area contributed by atoms with Crippen LogP contribution in [0.2, 0.25) is 0 Å². The molecule has 0 radical (unpaired) electrons. The van der Waals surface area contributed by atoms with Gasteiger partial charge in [0.25, 0.3) is 0 Å². The van der Waals surface area contributed by atoms with Crippen molar-refractivity contribution in [2.24, 2.45) is 0 Å². The van der Waals surface area contributed by atoms with Gasteiger partial charge in [-0.05, 0) is 83.5 Å². The fourth-order valence-corrected chi connectivity index (χ4v) is 10.3. The van der Waals surface area contributed by atoms with Crippen LogP contribution in [0, 0.1) is 0 Å². The zero-order valence-corrected chi connectivity index (χ0v) is 52.9. The smallest absolute Gasteiger partial charge is 0.306 e. The first-order valence-electron chi connectivity index (χ1n) is 34.8. The summed E-state index contributed by atoms with van der Waals surface area (Å²) < 4.78 is 17.0. The van der Waals surface area contributed by atoms with Crippen LogP contribution < -0.4 is 0 Å². The summed E-state index contributed by atoms with van der Waals surface area (Å²) in [5.74, 6) is -0.859. The Hall–Kier alpha value is -2.89. The summed E-state index contributed by atoms with van der Waals surface area (Å²) in [6, 6.07) is 0. The van der Waals surface area contributed by atoms with Gasteiger partial charge in [-0.25, -0.2) is 0 Å². The molecule has 0 bridgehead atoms. The van der Waals surface area contributed by atoms with Gasteiger partial charge in [-0.3, -0.25) is 14.4 Å². The molecule has 0 N–H and O–H groups in total. The van der Waals surface area contributed by atoms with Crippen molar-refractivity contribution >= 4 is 17.9 Å². The Kier molecular flexibility index (Phi) is 65.1. The van der Waals surface area contributed by atoms with Crippen LogP contribution in [0.25, 0.3) is 0 Å². The van der Waals surface area contributed by atoms with Gasteiger partial charge < -0.3 is 14.2 Å². The molecule has 0 aliphatic carbocycles. The SMILES string of the molecule is CC/C=C\C/C=C\C/C=C\C/C=C\CCCCCCCCCCC(=O)OCC(COC(=O)CCCCCCCCCCCCCCCCCCCCC)OC(=O)CCCCCCCCCCC/C=C\CCCCCCCCCC. The molecule has 0 amide bonds. The lowest BCUT2D eigenvalue weighted by molar-refractivity contribution is -0.167. The Morgan fingerprint density at radius 1 is 0.266 bits per heavy atom. The van der Waals surface area contributed by atoms with E-state index in [1.54, 1.807) is 0 Å². The Labute approximate surface area is 491 Å². The number of carbonyl (C=O) groups is 3. The van der Waals surface area contributed by atoms with Crippen molar-refractivity contribution in [3.05, 3.63) is 60.8 Å². The highest BCUT2D eigenvalue weighted by Crippen LogP contribution is 2.18. The molecule has 0 heterocycles. The van der Waals surface area contributed by atoms with Crippen molar-refractivity contribution in [1.29, 1.82) is 0 Å². The molecule has 0 spiro atoms. The molecular weight excluding hydrogens is 973 g/mol. The van der Waals surface area contributed by atoms with Gasteiger partial charge in [-0.15, -0.1) is 0 Å². The summed E-state index contributed by atoms with van der Waals surface area (Å²) in [6.45, 7) is 6.59. The Morgan fingerprint density at radius 2 is 0.494 bits per heavy atom. The second kappa shape index (κ2) is 67.6. The minimum Gasteiger partial charge on any atom is -0.462 e. The third-order valence-corrected chi connectivity index (χ3v) is 15.5. The first-order chi connectivity index (χ1) is 39.0. The van der Waals surface area contributed by atoms with E-state index >= 15 is 0 Å². The van der Waals surface area contributed by atoms with E-state index in [1.807, 2.05) is 0 Å². The maximum absolute atomic E-state index is 13.0. The summed E-state index contributed by atoms with van der Waals surface area (Å²) in [7, 11) is 0. The number of esters is 3. The fourth-order valence-electron chi connectivity index (χ4n) is 10.3. The zero-order valence-electron chi connectivity index (χ0n) is 52.9. The first-order valence-corrected chi connectivity index (χ1v) is 34.8. The molecule has 0 aliphatic rings. The highest BCUT2D eigenvalue weighted by molar-refractivity contribution is 5.71. The predicted molar refractivity (Wildman–Crippen MR) is 344 cm³/mol. The van der Waals surface area contributed by atoms with Gasteiger partial charge in [-0.1, -0.05) is 326 Å². The average Bonchev–Trinajstić information content (AvgIpc) is 3.45. The van der Waals surface area contributed by atoms with E-state index in [0.717, 1.165) is 89.9 Å². The van der Waals surface area contributed by atoms with E-state index in [1.165, 1.54) is 238 Å². The maximum atomic E-state index is 13.0. The van der Waals surface area contributed by atoms with Crippen LogP contribution in [0.3, 0.4) is 0 Å². The van der Waals surface area contributed by atoms with Crippen LogP contribution in [0.5, 0.6) is 0 Å². The minimum atomic E-state index is -0.779. The van der Waals surface area contributed by atoms with Crippen LogP contribution in [-0.2, 0) is 28.6 Å². The van der Waals surface area contributed by atoms with Crippen LogP contribution in [0.15, 0.2) is 60.8 Å². The molecule has 0 rings (SSSR count). The van der Waals surface area contributed by atoms with E-state index in [0.29, 0.717) is 19.3 Å². The molecule has 1 unspecified atom stereocenters. The van der Waals surface area contributed by atoms with E-state index < -0.39 is 6.10 Å². The zero-order chi connectivity index (χ0) is 57.1. The van der Waals surface area contributed by atoms with Crippen molar-refractivity contribution in [3.63, 3.8) is 0 Å². The molecule has 79 heavy (non-hydrogen) atoms.